The fourth-order valence-corrected chi connectivity index (χ4v) is 2.68. The summed E-state index contributed by atoms with van der Waals surface area (Å²) in [5, 5.41) is 19.1. The predicted octanol–water partition coefficient (Wildman–Crippen LogP) is 3.22. The average Bonchev–Trinajstić information content (AvgIpc) is 2.22. The fourth-order valence-electron chi connectivity index (χ4n) is 1.99. The zero-order valence-corrected chi connectivity index (χ0v) is 12.5. The number of carbonyl (C=O) groups is 1. The number of rotatable bonds is 4. The topological polar surface area (TPSA) is 66.8 Å². The Morgan fingerprint density at radius 3 is 2.50 bits per heavy atom. The zero-order chi connectivity index (χ0) is 14.1. The highest BCUT2D eigenvalue weighted by Gasteiger charge is 2.29. The van der Waals surface area contributed by atoms with Gasteiger partial charge in [0.25, 0.3) is 0 Å². The number of hydrogen-bond donors (Lipinski definition) is 2. The summed E-state index contributed by atoms with van der Waals surface area (Å²) < 4.78 is 5.88. The van der Waals surface area contributed by atoms with Crippen molar-refractivity contribution in [1.29, 1.82) is 0 Å². The van der Waals surface area contributed by atoms with E-state index in [1.807, 2.05) is 0 Å². The van der Waals surface area contributed by atoms with Crippen molar-refractivity contribution < 1.29 is 19.7 Å². The van der Waals surface area contributed by atoms with E-state index in [4.69, 9.17) is 9.84 Å². The minimum Gasteiger partial charge on any atom is -0.507 e. The Bertz CT molecular complexity index is 480. The van der Waals surface area contributed by atoms with Gasteiger partial charge < -0.3 is 14.9 Å². The number of aromatic hydroxyl groups is 1. The predicted molar refractivity (Wildman–Crippen MR) is 72.4 cm³/mol. The Hall–Kier alpha value is -1.23. The van der Waals surface area contributed by atoms with Crippen LogP contribution in [0.4, 0.5) is 0 Å². The first kappa shape index (κ1) is 14.8. The minimum absolute atomic E-state index is 0.0568. The van der Waals surface area contributed by atoms with Crippen LogP contribution in [-0.4, -0.2) is 23.3 Å². The maximum Gasteiger partial charge on any atom is 0.304 e. The van der Waals surface area contributed by atoms with E-state index in [1.54, 1.807) is 26.8 Å². The van der Waals surface area contributed by atoms with Crippen LogP contribution in [0.25, 0.3) is 0 Å². The molecule has 0 aliphatic carbocycles. The van der Waals surface area contributed by atoms with Gasteiger partial charge in [0.2, 0.25) is 0 Å². The van der Waals surface area contributed by atoms with Gasteiger partial charge in [0.05, 0.1) is 18.0 Å². The van der Waals surface area contributed by atoms with Crippen molar-refractivity contribution in [2.75, 3.05) is 7.11 Å². The second kappa shape index (κ2) is 5.18. The Morgan fingerprint density at radius 1 is 1.50 bits per heavy atom. The number of benzene rings is 1. The van der Waals surface area contributed by atoms with Crippen LogP contribution in [-0.2, 0) is 10.2 Å². The van der Waals surface area contributed by atoms with Crippen molar-refractivity contribution >= 4 is 21.9 Å². The van der Waals surface area contributed by atoms with Gasteiger partial charge in [0.15, 0.2) is 0 Å². The van der Waals surface area contributed by atoms with E-state index in [1.165, 1.54) is 7.11 Å². The number of carboxylic acids is 1. The molecule has 100 valence electrons. The lowest BCUT2D eigenvalue weighted by Gasteiger charge is -2.26. The monoisotopic (exact) mass is 316 g/mol. The summed E-state index contributed by atoms with van der Waals surface area (Å²) >= 11 is 3.37. The highest BCUT2D eigenvalue weighted by Crippen LogP contribution is 2.43. The van der Waals surface area contributed by atoms with Crippen LogP contribution in [0.1, 0.15) is 31.4 Å². The molecule has 0 aliphatic heterocycles. The van der Waals surface area contributed by atoms with Crippen molar-refractivity contribution in [3.8, 4) is 11.5 Å². The van der Waals surface area contributed by atoms with Gasteiger partial charge in [0, 0.05) is 16.5 Å². The van der Waals surface area contributed by atoms with Gasteiger partial charge in [-0.1, -0.05) is 13.8 Å². The third kappa shape index (κ3) is 2.77. The molecule has 0 amide bonds. The van der Waals surface area contributed by atoms with E-state index < -0.39 is 11.4 Å². The molecular weight excluding hydrogens is 300 g/mol. The van der Waals surface area contributed by atoms with Crippen molar-refractivity contribution in [2.45, 2.75) is 32.6 Å². The quantitative estimate of drug-likeness (QED) is 0.895. The molecule has 4 nitrogen and oxygen atoms in total. The van der Waals surface area contributed by atoms with E-state index in [-0.39, 0.29) is 12.2 Å². The molecular formula is C13H17BrO4. The second-order valence-corrected chi connectivity index (χ2v) is 5.72. The zero-order valence-electron chi connectivity index (χ0n) is 10.9. The van der Waals surface area contributed by atoms with Crippen molar-refractivity contribution in [3.63, 3.8) is 0 Å². The lowest BCUT2D eigenvalue weighted by Crippen LogP contribution is -2.22. The van der Waals surface area contributed by atoms with Crippen LogP contribution < -0.4 is 4.74 Å². The second-order valence-electron chi connectivity index (χ2n) is 4.87. The number of methoxy groups -OCH3 is 1. The molecule has 0 saturated heterocycles. The third-order valence-corrected chi connectivity index (χ3v) is 3.55. The Morgan fingerprint density at radius 2 is 2.06 bits per heavy atom. The minimum atomic E-state index is -0.899. The summed E-state index contributed by atoms with van der Waals surface area (Å²) in [4.78, 5) is 10.9. The molecule has 0 saturated carbocycles. The van der Waals surface area contributed by atoms with Gasteiger partial charge in [-0.3, -0.25) is 4.79 Å². The van der Waals surface area contributed by atoms with E-state index >= 15 is 0 Å². The number of halogens is 1. The standard InChI is InChI=1S/C13H17BrO4/c1-7-11(17)8(5-9(14)12(7)18-4)13(2,3)6-10(15)16/h5,17H,6H2,1-4H3,(H,15,16). The van der Waals surface area contributed by atoms with Crippen LogP contribution in [0.15, 0.2) is 10.5 Å². The molecule has 0 atom stereocenters. The molecule has 0 aromatic heterocycles. The molecule has 0 spiro atoms. The van der Waals surface area contributed by atoms with E-state index in [9.17, 15) is 9.90 Å². The van der Waals surface area contributed by atoms with Gasteiger partial charge in [-0.05, 0) is 28.9 Å². The summed E-state index contributed by atoms with van der Waals surface area (Å²) in [6.07, 6.45) is -0.0568. The summed E-state index contributed by atoms with van der Waals surface area (Å²) in [5.74, 6) is -0.257. The van der Waals surface area contributed by atoms with Crippen LogP contribution in [0.3, 0.4) is 0 Å². The van der Waals surface area contributed by atoms with Crippen LogP contribution in [0.2, 0.25) is 0 Å². The summed E-state index contributed by atoms with van der Waals surface area (Å²) in [5.41, 5.74) is 0.533. The van der Waals surface area contributed by atoms with Crippen LogP contribution in [0.5, 0.6) is 11.5 Å². The highest BCUT2D eigenvalue weighted by atomic mass is 79.9. The highest BCUT2D eigenvalue weighted by molar-refractivity contribution is 9.10. The molecule has 0 bridgehead atoms. The molecule has 1 aromatic carbocycles. The molecule has 1 aromatic rings. The third-order valence-electron chi connectivity index (χ3n) is 2.97. The number of carboxylic acid groups (broad SMARTS) is 1. The van der Waals surface area contributed by atoms with Gasteiger partial charge in [0.1, 0.15) is 11.5 Å². The summed E-state index contributed by atoms with van der Waals surface area (Å²) in [6, 6.07) is 1.71. The van der Waals surface area contributed by atoms with Gasteiger partial charge in [-0.25, -0.2) is 0 Å². The van der Waals surface area contributed by atoms with Crippen LogP contribution in [0, 0.1) is 6.92 Å². The molecule has 0 aliphatic rings. The normalized spacial score (nSPS) is 11.4. The Kier molecular flexibility index (Phi) is 4.27. The van der Waals surface area contributed by atoms with Gasteiger partial charge in [-0.15, -0.1) is 0 Å². The summed E-state index contributed by atoms with van der Waals surface area (Å²) in [6.45, 7) is 5.31. The maximum atomic E-state index is 10.9. The molecule has 18 heavy (non-hydrogen) atoms. The lowest BCUT2D eigenvalue weighted by atomic mass is 9.80. The van der Waals surface area contributed by atoms with E-state index in [0.29, 0.717) is 21.3 Å². The molecule has 0 fully saturated rings. The smallest absolute Gasteiger partial charge is 0.304 e. The largest absolute Gasteiger partial charge is 0.507 e. The van der Waals surface area contributed by atoms with Crippen molar-refractivity contribution in [1.82, 2.24) is 0 Å². The SMILES string of the molecule is COc1c(Br)cc(C(C)(C)CC(=O)O)c(O)c1C. The Balaban J connectivity index is 3.39. The lowest BCUT2D eigenvalue weighted by molar-refractivity contribution is -0.138. The number of aliphatic carboxylic acids is 1. The molecule has 0 unspecified atom stereocenters. The molecule has 2 N–H and O–H groups in total. The van der Waals surface area contributed by atoms with Gasteiger partial charge in [-0.2, -0.15) is 0 Å². The Labute approximate surface area is 115 Å². The number of phenols is 1. The van der Waals surface area contributed by atoms with Crippen molar-refractivity contribution in [2.24, 2.45) is 0 Å². The van der Waals surface area contributed by atoms with Crippen molar-refractivity contribution in [3.05, 3.63) is 21.7 Å². The first-order valence-electron chi connectivity index (χ1n) is 5.49. The van der Waals surface area contributed by atoms with Gasteiger partial charge >= 0.3 is 5.97 Å². The fraction of sp³-hybridized carbons (Fsp3) is 0.462. The average molecular weight is 317 g/mol. The number of ether oxygens (including phenoxy) is 1. The first-order chi connectivity index (χ1) is 8.20. The number of hydrogen-bond acceptors (Lipinski definition) is 3. The van der Waals surface area contributed by atoms with Crippen LogP contribution >= 0.6 is 15.9 Å². The molecule has 0 radical (unpaired) electrons. The molecule has 5 heteroatoms. The first-order valence-corrected chi connectivity index (χ1v) is 6.28. The van der Waals surface area contributed by atoms with E-state index in [0.717, 1.165) is 0 Å². The van der Waals surface area contributed by atoms with E-state index in [2.05, 4.69) is 15.9 Å². The number of phenolic OH excluding ortho intramolecular Hbond substituents is 1. The molecule has 0 heterocycles. The molecule has 1 rings (SSSR count). The summed E-state index contributed by atoms with van der Waals surface area (Å²) in [7, 11) is 1.52. The maximum absolute atomic E-state index is 10.9.